The molecule has 2 N–H and O–H groups in total. The minimum atomic E-state index is -0.101. The van der Waals surface area contributed by atoms with Crippen LogP contribution in [0, 0.1) is 22.7 Å². The molecule has 0 unspecified atom stereocenters. The number of carbonyl (C=O) groups is 1. The van der Waals surface area contributed by atoms with Crippen molar-refractivity contribution < 1.29 is 52.9 Å². The first-order valence-electron chi connectivity index (χ1n) is 14.1. The van der Waals surface area contributed by atoms with Crippen molar-refractivity contribution in [3.05, 3.63) is 53.1 Å². The Bertz CT molecular complexity index is 1470. The van der Waals surface area contributed by atoms with Gasteiger partial charge in [0.15, 0.2) is 34.5 Å². The van der Waals surface area contributed by atoms with Gasteiger partial charge in [0.2, 0.25) is 17.2 Å². The van der Waals surface area contributed by atoms with Crippen molar-refractivity contribution in [1.29, 1.82) is 10.5 Å². The fourth-order valence-electron chi connectivity index (χ4n) is 4.13. The van der Waals surface area contributed by atoms with Gasteiger partial charge in [0.25, 0.3) is 0 Å². The lowest BCUT2D eigenvalue weighted by Crippen LogP contribution is -2.38. The first kappa shape index (κ1) is 37.6. The van der Waals surface area contributed by atoms with Crippen molar-refractivity contribution in [2.75, 3.05) is 82.1 Å². The third-order valence-electron chi connectivity index (χ3n) is 6.59. The van der Waals surface area contributed by atoms with Gasteiger partial charge in [0.05, 0.1) is 79.1 Å². The molecule has 1 fully saturated rings. The highest BCUT2D eigenvalue weighted by atomic mass is 16.5. The molecular formula is C33H39N3O11. The molecule has 0 bridgehead atoms. The van der Waals surface area contributed by atoms with Crippen molar-refractivity contribution in [1.82, 2.24) is 4.90 Å². The summed E-state index contributed by atoms with van der Waals surface area (Å²) in [7, 11) is 8.73. The number of hydrogen-bond donors (Lipinski definition) is 2. The van der Waals surface area contributed by atoms with Crippen molar-refractivity contribution in [3.8, 4) is 63.9 Å². The third kappa shape index (κ3) is 10.8. The molecule has 47 heavy (non-hydrogen) atoms. The number of morpholine rings is 1. The minimum absolute atomic E-state index is 0.0935. The predicted octanol–water partition coefficient (Wildman–Crippen LogP) is 3.79. The van der Waals surface area contributed by atoms with Crippen LogP contribution in [0.2, 0.25) is 0 Å². The number of phenols is 2. The third-order valence-corrected chi connectivity index (χ3v) is 6.59. The molecule has 0 atom stereocenters. The molecule has 0 aliphatic carbocycles. The van der Waals surface area contributed by atoms with Crippen LogP contribution in [0.4, 0.5) is 0 Å². The summed E-state index contributed by atoms with van der Waals surface area (Å²) in [6, 6.07) is 13.1. The SMILES string of the molecule is COc1cc(C#N)cc(OC)c1O.COc1cc(C#N)cc(OC)c1OCCN1CCOCC1.COc1cc(C=O)cc(OC)c1O. The van der Waals surface area contributed by atoms with Crippen LogP contribution >= 0.6 is 0 Å². The second kappa shape index (κ2) is 19.7. The Labute approximate surface area is 273 Å². The smallest absolute Gasteiger partial charge is 0.203 e. The zero-order valence-corrected chi connectivity index (χ0v) is 27.2. The Morgan fingerprint density at radius 3 is 1.45 bits per heavy atom. The average Bonchev–Trinajstić information content (AvgIpc) is 3.12. The fraction of sp³-hybridized carbons (Fsp3) is 0.364. The van der Waals surface area contributed by atoms with Crippen LogP contribution in [0.25, 0.3) is 0 Å². The lowest BCUT2D eigenvalue weighted by molar-refractivity contribution is 0.0319. The van der Waals surface area contributed by atoms with Gasteiger partial charge < -0.3 is 48.1 Å². The molecule has 4 rings (SSSR count). The Morgan fingerprint density at radius 1 is 0.702 bits per heavy atom. The number of nitrogens with zero attached hydrogens (tertiary/aromatic N) is 3. The number of aromatic hydroxyl groups is 2. The minimum Gasteiger partial charge on any atom is -0.502 e. The van der Waals surface area contributed by atoms with E-state index in [1.165, 1.54) is 52.7 Å². The van der Waals surface area contributed by atoms with Crippen LogP contribution in [0.3, 0.4) is 0 Å². The number of aldehydes is 1. The summed E-state index contributed by atoms with van der Waals surface area (Å²) in [6.07, 6.45) is 0.657. The summed E-state index contributed by atoms with van der Waals surface area (Å²) >= 11 is 0. The summed E-state index contributed by atoms with van der Waals surface area (Å²) < 4.78 is 41.1. The molecule has 0 spiro atoms. The highest BCUT2D eigenvalue weighted by molar-refractivity contribution is 5.78. The van der Waals surface area contributed by atoms with Crippen LogP contribution in [0.5, 0.6) is 51.7 Å². The summed E-state index contributed by atoms with van der Waals surface area (Å²) in [4.78, 5) is 12.7. The van der Waals surface area contributed by atoms with Crippen LogP contribution in [0.1, 0.15) is 21.5 Å². The predicted molar refractivity (Wildman–Crippen MR) is 170 cm³/mol. The topological polar surface area (TPSA) is 182 Å². The van der Waals surface area contributed by atoms with E-state index in [9.17, 15) is 15.0 Å². The second-order valence-corrected chi connectivity index (χ2v) is 9.36. The highest BCUT2D eigenvalue weighted by Crippen LogP contribution is 2.39. The van der Waals surface area contributed by atoms with Gasteiger partial charge >= 0.3 is 0 Å². The molecular weight excluding hydrogens is 614 g/mol. The first-order valence-corrected chi connectivity index (χ1v) is 14.1. The van der Waals surface area contributed by atoms with Crippen molar-refractivity contribution in [3.63, 3.8) is 0 Å². The molecule has 1 aliphatic heterocycles. The fourth-order valence-corrected chi connectivity index (χ4v) is 4.13. The molecule has 1 saturated heterocycles. The number of benzene rings is 3. The van der Waals surface area contributed by atoms with E-state index in [1.54, 1.807) is 26.4 Å². The van der Waals surface area contributed by atoms with E-state index in [-0.39, 0.29) is 34.5 Å². The Kier molecular flexibility index (Phi) is 15.8. The molecule has 1 heterocycles. The lowest BCUT2D eigenvalue weighted by atomic mass is 10.2. The van der Waals surface area contributed by atoms with E-state index >= 15 is 0 Å². The Morgan fingerprint density at radius 2 is 1.09 bits per heavy atom. The quantitative estimate of drug-likeness (QED) is 0.285. The maximum absolute atomic E-state index is 10.5. The molecule has 252 valence electrons. The molecule has 0 radical (unpaired) electrons. The van der Waals surface area contributed by atoms with E-state index in [0.29, 0.717) is 46.8 Å². The number of ether oxygens (including phenoxy) is 8. The molecule has 0 saturated carbocycles. The summed E-state index contributed by atoms with van der Waals surface area (Å²) in [6.45, 7) is 4.72. The van der Waals surface area contributed by atoms with E-state index in [2.05, 4.69) is 11.0 Å². The van der Waals surface area contributed by atoms with Gasteiger partial charge in [-0.05, 0) is 12.1 Å². The van der Waals surface area contributed by atoms with Gasteiger partial charge in [-0.25, -0.2) is 0 Å². The van der Waals surface area contributed by atoms with Gasteiger partial charge in [-0.15, -0.1) is 0 Å². The Balaban J connectivity index is 0.000000258. The van der Waals surface area contributed by atoms with Crippen LogP contribution in [-0.4, -0.2) is 104 Å². The van der Waals surface area contributed by atoms with Crippen molar-refractivity contribution in [2.24, 2.45) is 0 Å². The summed E-state index contributed by atoms with van der Waals surface area (Å²) in [5.74, 6) is 2.27. The molecule has 14 nitrogen and oxygen atoms in total. The van der Waals surface area contributed by atoms with E-state index in [4.69, 9.17) is 48.4 Å². The van der Waals surface area contributed by atoms with Gasteiger partial charge in [-0.3, -0.25) is 9.69 Å². The normalized spacial score (nSPS) is 11.9. The monoisotopic (exact) mass is 653 g/mol. The average molecular weight is 654 g/mol. The largest absolute Gasteiger partial charge is 0.502 e. The number of nitriles is 2. The molecule has 0 amide bonds. The van der Waals surface area contributed by atoms with Gasteiger partial charge in [-0.1, -0.05) is 0 Å². The molecule has 0 aromatic heterocycles. The number of carbonyl (C=O) groups excluding carboxylic acids is 1. The number of methoxy groups -OCH3 is 6. The lowest BCUT2D eigenvalue weighted by Gasteiger charge is -2.26. The van der Waals surface area contributed by atoms with Crippen molar-refractivity contribution in [2.45, 2.75) is 0 Å². The highest BCUT2D eigenvalue weighted by Gasteiger charge is 2.16. The maximum atomic E-state index is 10.5. The summed E-state index contributed by atoms with van der Waals surface area (Å²) in [5, 5.41) is 36.5. The zero-order chi connectivity index (χ0) is 34.8. The van der Waals surface area contributed by atoms with Crippen LogP contribution in [0.15, 0.2) is 36.4 Å². The number of rotatable bonds is 11. The standard InChI is InChI=1S/C15H20N2O4.C9H9NO3.C9H10O4/c1-18-13-9-12(11-16)10-14(19-2)15(13)21-8-5-17-3-6-20-7-4-17;2*1-12-7-3-6(5-10)4-8(13-2)9(7)11/h9-10H,3-8H2,1-2H3;3-4,11H,1-2H3;3-5,11H,1-2H3. The van der Waals surface area contributed by atoms with Crippen molar-refractivity contribution >= 4 is 6.29 Å². The van der Waals surface area contributed by atoms with Gasteiger partial charge in [0.1, 0.15) is 12.9 Å². The van der Waals surface area contributed by atoms with Gasteiger partial charge in [-0.2, -0.15) is 10.5 Å². The zero-order valence-electron chi connectivity index (χ0n) is 27.2. The molecule has 3 aromatic carbocycles. The molecule has 1 aliphatic rings. The molecule has 3 aromatic rings. The van der Waals surface area contributed by atoms with Crippen LogP contribution in [-0.2, 0) is 4.74 Å². The first-order chi connectivity index (χ1) is 22.7. The Hall–Kier alpha value is -5.57. The summed E-state index contributed by atoms with van der Waals surface area (Å²) in [5.41, 5.74) is 1.25. The van der Waals surface area contributed by atoms with E-state index in [1.807, 2.05) is 6.07 Å². The number of hydrogen-bond acceptors (Lipinski definition) is 14. The molecule has 14 heteroatoms. The van der Waals surface area contributed by atoms with Crippen LogP contribution < -0.4 is 33.2 Å². The number of phenolic OH excluding ortho intramolecular Hbond substituents is 2. The van der Waals surface area contributed by atoms with E-state index in [0.717, 1.165) is 32.8 Å². The van der Waals surface area contributed by atoms with Gasteiger partial charge in [0, 0.05) is 49.5 Å². The van der Waals surface area contributed by atoms with E-state index < -0.39 is 0 Å². The second-order valence-electron chi connectivity index (χ2n) is 9.36. The maximum Gasteiger partial charge on any atom is 0.203 e.